The van der Waals surface area contributed by atoms with Gasteiger partial charge in [-0.15, -0.1) is 0 Å². The summed E-state index contributed by atoms with van der Waals surface area (Å²) in [6, 6.07) is 1.69. The van der Waals surface area contributed by atoms with E-state index in [9.17, 15) is 9.90 Å². The summed E-state index contributed by atoms with van der Waals surface area (Å²) in [4.78, 5) is 20.9. The first-order valence-corrected chi connectivity index (χ1v) is 7.37. The van der Waals surface area contributed by atoms with E-state index in [1.165, 1.54) is 0 Å². The highest BCUT2D eigenvalue weighted by molar-refractivity contribution is 5.92. The second-order valence-corrected chi connectivity index (χ2v) is 6.30. The van der Waals surface area contributed by atoms with Crippen LogP contribution in [0.15, 0.2) is 12.3 Å². The summed E-state index contributed by atoms with van der Waals surface area (Å²) in [6.45, 7) is 2.13. The number of rotatable bonds is 4. The fourth-order valence-electron chi connectivity index (χ4n) is 2.94. The molecule has 0 saturated heterocycles. The molecule has 2 aliphatic rings. The molecule has 2 atom stereocenters. The molecule has 1 aromatic heterocycles. The van der Waals surface area contributed by atoms with Crippen molar-refractivity contribution in [3.8, 4) is 0 Å². The van der Waals surface area contributed by atoms with E-state index in [1.54, 1.807) is 12.3 Å². The predicted molar refractivity (Wildman–Crippen MR) is 74.3 cm³/mol. The van der Waals surface area contributed by atoms with Gasteiger partial charge in [0.2, 0.25) is 0 Å². The molecule has 2 aliphatic carbocycles. The van der Waals surface area contributed by atoms with Crippen molar-refractivity contribution in [2.24, 2.45) is 5.41 Å². The molecular weight excluding hydrogens is 254 g/mol. The van der Waals surface area contributed by atoms with Crippen molar-refractivity contribution in [2.45, 2.75) is 51.0 Å². The van der Waals surface area contributed by atoms with Gasteiger partial charge in [0.15, 0.2) is 0 Å². The number of aliphatic hydroxyl groups excluding tert-OH is 1. The van der Waals surface area contributed by atoms with E-state index < -0.39 is 0 Å². The van der Waals surface area contributed by atoms with Gasteiger partial charge in [-0.3, -0.25) is 4.79 Å². The fraction of sp³-hybridized carbons (Fsp3) is 0.667. The SMILES string of the molecule is CC1(CO)CCCC1NC(=O)c1ccnc(C2CC2)n1. The smallest absolute Gasteiger partial charge is 0.270 e. The number of aliphatic hydroxyl groups is 1. The van der Waals surface area contributed by atoms with Crippen molar-refractivity contribution in [3.05, 3.63) is 23.8 Å². The van der Waals surface area contributed by atoms with Crippen LogP contribution in [0.25, 0.3) is 0 Å². The Bertz CT molecular complexity index is 516. The summed E-state index contributed by atoms with van der Waals surface area (Å²) in [5, 5.41) is 12.6. The van der Waals surface area contributed by atoms with Gasteiger partial charge in [0.05, 0.1) is 6.61 Å². The number of carbonyl (C=O) groups excluding carboxylic acids is 1. The first-order valence-electron chi connectivity index (χ1n) is 7.37. The lowest BCUT2D eigenvalue weighted by molar-refractivity contribution is 0.0825. The van der Waals surface area contributed by atoms with Gasteiger partial charge in [0.25, 0.3) is 5.91 Å². The normalized spacial score (nSPS) is 29.4. The quantitative estimate of drug-likeness (QED) is 0.876. The molecule has 2 saturated carbocycles. The van der Waals surface area contributed by atoms with Crippen molar-refractivity contribution in [2.75, 3.05) is 6.61 Å². The number of nitrogens with one attached hydrogen (secondary N) is 1. The molecule has 2 N–H and O–H groups in total. The van der Waals surface area contributed by atoms with Gasteiger partial charge in [0.1, 0.15) is 11.5 Å². The summed E-state index contributed by atoms with van der Waals surface area (Å²) in [6.07, 6.45) is 6.82. The van der Waals surface area contributed by atoms with E-state index in [0.29, 0.717) is 11.6 Å². The van der Waals surface area contributed by atoms with Crippen LogP contribution in [0.5, 0.6) is 0 Å². The van der Waals surface area contributed by atoms with Crippen LogP contribution in [0, 0.1) is 5.41 Å². The third-order valence-corrected chi connectivity index (χ3v) is 4.60. The standard InChI is InChI=1S/C15H21N3O2/c1-15(9-19)7-2-3-12(15)18-14(20)11-6-8-16-13(17-11)10-4-5-10/h6,8,10,12,19H,2-5,7,9H2,1H3,(H,18,20). The lowest BCUT2D eigenvalue weighted by Crippen LogP contribution is -2.45. The van der Waals surface area contributed by atoms with Crippen LogP contribution in [0.3, 0.4) is 0 Å². The van der Waals surface area contributed by atoms with Gasteiger partial charge >= 0.3 is 0 Å². The Morgan fingerprint density at radius 2 is 2.30 bits per heavy atom. The average molecular weight is 275 g/mol. The van der Waals surface area contributed by atoms with Crippen molar-refractivity contribution >= 4 is 5.91 Å². The minimum atomic E-state index is -0.206. The molecule has 20 heavy (non-hydrogen) atoms. The van der Waals surface area contributed by atoms with Crippen LogP contribution < -0.4 is 5.32 Å². The zero-order chi connectivity index (χ0) is 14.2. The Morgan fingerprint density at radius 3 is 3.00 bits per heavy atom. The third-order valence-electron chi connectivity index (χ3n) is 4.60. The molecular formula is C15H21N3O2. The number of nitrogens with zero attached hydrogens (tertiary/aromatic N) is 2. The van der Waals surface area contributed by atoms with Crippen LogP contribution in [0.1, 0.15) is 61.3 Å². The Balaban J connectivity index is 1.71. The molecule has 0 aromatic carbocycles. The molecule has 2 unspecified atom stereocenters. The van der Waals surface area contributed by atoms with Crippen molar-refractivity contribution < 1.29 is 9.90 Å². The van der Waals surface area contributed by atoms with Crippen LogP contribution >= 0.6 is 0 Å². The second kappa shape index (κ2) is 5.13. The number of aromatic nitrogens is 2. The highest BCUT2D eigenvalue weighted by atomic mass is 16.3. The second-order valence-electron chi connectivity index (χ2n) is 6.30. The van der Waals surface area contributed by atoms with Crippen LogP contribution in [-0.4, -0.2) is 33.6 Å². The highest BCUT2D eigenvalue weighted by Gasteiger charge is 2.39. The zero-order valence-corrected chi connectivity index (χ0v) is 11.8. The van der Waals surface area contributed by atoms with Crippen molar-refractivity contribution in [1.82, 2.24) is 15.3 Å². The molecule has 5 nitrogen and oxygen atoms in total. The Hall–Kier alpha value is -1.49. The lowest BCUT2D eigenvalue weighted by Gasteiger charge is -2.29. The van der Waals surface area contributed by atoms with Gasteiger partial charge < -0.3 is 10.4 Å². The topological polar surface area (TPSA) is 75.1 Å². The molecule has 1 aromatic rings. The predicted octanol–water partition coefficient (Wildman–Crippen LogP) is 1.63. The molecule has 0 radical (unpaired) electrons. The lowest BCUT2D eigenvalue weighted by atomic mass is 9.86. The maximum Gasteiger partial charge on any atom is 0.270 e. The zero-order valence-electron chi connectivity index (χ0n) is 11.8. The first kappa shape index (κ1) is 13.5. The maximum absolute atomic E-state index is 12.3. The largest absolute Gasteiger partial charge is 0.396 e. The molecule has 1 amide bonds. The summed E-state index contributed by atoms with van der Waals surface area (Å²) in [7, 11) is 0. The molecule has 108 valence electrons. The molecule has 2 fully saturated rings. The Labute approximate surface area is 118 Å². The summed E-state index contributed by atoms with van der Waals surface area (Å²) in [5.74, 6) is 1.08. The molecule has 0 aliphatic heterocycles. The average Bonchev–Trinajstić information content (AvgIpc) is 3.25. The Morgan fingerprint density at radius 1 is 1.50 bits per heavy atom. The molecule has 3 rings (SSSR count). The number of hydrogen-bond acceptors (Lipinski definition) is 4. The Kier molecular flexibility index (Phi) is 3.46. The van der Waals surface area contributed by atoms with Gasteiger partial charge in [-0.25, -0.2) is 9.97 Å². The minimum Gasteiger partial charge on any atom is -0.396 e. The summed E-state index contributed by atoms with van der Waals surface area (Å²) < 4.78 is 0. The number of amides is 1. The van der Waals surface area contributed by atoms with E-state index >= 15 is 0 Å². The molecule has 1 heterocycles. The van der Waals surface area contributed by atoms with E-state index in [1.807, 2.05) is 6.92 Å². The van der Waals surface area contributed by atoms with Crippen molar-refractivity contribution in [1.29, 1.82) is 0 Å². The van der Waals surface area contributed by atoms with Gasteiger partial charge in [-0.1, -0.05) is 13.3 Å². The third kappa shape index (κ3) is 2.54. The highest BCUT2D eigenvalue weighted by Crippen LogP contribution is 2.38. The van der Waals surface area contributed by atoms with Crippen LogP contribution in [-0.2, 0) is 0 Å². The monoisotopic (exact) mass is 275 g/mol. The summed E-state index contributed by atoms with van der Waals surface area (Å²) >= 11 is 0. The summed E-state index contributed by atoms with van der Waals surface area (Å²) in [5.41, 5.74) is 0.233. The molecule has 0 bridgehead atoms. The maximum atomic E-state index is 12.3. The van der Waals surface area contributed by atoms with Crippen LogP contribution in [0.2, 0.25) is 0 Å². The molecule has 5 heteroatoms. The van der Waals surface area contributed by atoms with E-state index in [0.717, 1.165) is 37.9 Å². The van der Waals surface area contributed by atoms with Crippen LogP contribution in [0.4, 0.5) is 0 Å². The molecule has 0 spiro atoms. The van der Waals surface area contributed by atoms with Gasteiger partial charge in [-0.2, -0.15) is 0 Å². The fourth-order valence-corrected chi connectivity index (χ4v) is 2.94. The minimum absolute atomic E-state index is 0.0272. The van der Waals surface area contributed by atoms with E-state index in [2.05, 4.69) is 15.3 Å². The van der Waals surface area contributed by atoms with Gasteiger partial charge in [0, 0.05) is 23.6 Å². The first-order chi connectivity index (χ1) is 9.62. The van der Waals surface area contributed by atoms with E-state index in [4.69, 9.17) is 0 Å². The van der Waals surface area contributed by atoms with E-state index in [-0.39, 0.29) is 24.0 Å². The number of hydrogen-bond donors (Lipinski definition) is 2. The number of carbonyl (C=O) groups is 1. The van der Waals surface area contributed by atoms with Crippen molar-refractivity contribution in [3.63, 3.8) is 0 Å². The van der Waals surface area contributed by atoms with Gasteiger partial charge in [-0.05, 0) is 31.7 Å².